The van der Waals surface area contributed by atoms with Gasteiger partial charge in [0.25, 0.3) is 5.91 Å². The average molecular weight is 423 g/mol. The lowest BCUT2D eigenvalue weighted by atomic mass is 10.3. The zero-order valence-corrected chi connectivity index (χ0v) is 16.7. The molecule has 0 radical (unpaired) electrons. The molecule has 0 N–H and O–H groups in total. The summed E-state index contributed by atoms with van der Waals surface area (Å²) in [6, 6.07) is 7.81. The van der Waals surface area contributed by atoms with Gasteiger partial charge in [0.15, 0.2) is 10.5 Å². The number of carbonyl (C=O) groups is 1. The lowest BCUT2D eigenvalue weighted by Gasteiger charge is -2.04. The van der Waals surface area contributed by atoms with Crippen molar-refractivity contribution in [3.63, 3.8) is 0 Å². The molecule has 132 valence electrons. The molecule has 0 aliphatic rings. The van der Waals surface area contributed by atoms with Gasteiger partial charge >= 0.3 is 0 Å². The van der Waals surface area contributed by atoms with Gasteiger partial charge in [-0.15, -0.1) is 0 Å². The minimum Gasteiger partial charge on any atom is -0.383 e. The fourth-order valence-corrected chi connectivity index (χ4v) is 4.22. The number of fused-ring (bicyclic) bond motifs is 1. The molecule has 0 fully saturated rings. The number of methoxy groups -OCH3 is 1. The second kappa shape index (κ2) is 7.63. The fraction of sp³-hybridized carbons (Fsp3) is 0.353. The van der Waals surface area contributed by atoms with E-state index >= 15 is 0 Å². The Kier molecular flexibility index (Phi) is 5.51. The van der Waals surface area contributed by atoms with Gasteiger partial charge < -0.3 is 9.30 Å². The van der Waals surface area contributed by atoms with Crippen molar-refractivity contribution in [3.05, 3.63) is 44.9 Å². The molecule has 1 amide bonds. The maximum absolute atomic E-state index is 12.6. The van der Waals surface area contributed by atoms with Crippen molar-refractivity contribution < 1.29 is 9.53 Å². The highest BCUT2D eigenvalue weighted by atomic mass is 79.9. The van der Waals surface area contributed by atoms with Gasteiger partial charge in [0, 0.05) is 30.4 Å². The number of carbonyl (C=O) groups excluding carboxylic acids is 1. The van der Waals surface area contributed by atoms with Crippen molar-refractivity contribution in [1.82, 2.24) is 14.3 Å². The Morgan fingerprint density at radius 2 is 2.20 bits per heavy atom. The monoisotopic (exact) mass is 422 g/mol. The minimum atomic E-state index is -0.327. The predicted molar refractivity (Wildman–Crippen MR) is 102 cm³/mol. The van der Waals surface area contributed by atoms with E-state index in [-0.39, 0.29) is 5.91 Å². The first-order valence-corrected chi connectivity index (χ1v) is 9.55. The van der Waals surface area contributed by atoms with Crippen LogP contribution in [0.3, 0.4) is 0 Å². The van der Waals surface area contributed by atoms with Crippen LogP contribution in [-0.2, 0) is 17.8 Å². The molecule has 0 bridgehead atoms. The minimum absolute atomic E-state index is 0.327. The Labute approximate surface area is 157 Å². The van der Waals surface area contributed by atoms with Gasteiger partial charge in [-0.05, 0) is 38.1 Å². The van der Waals surface area contributed by atoms with Gasteiger partial charge in [-0.25, -0.2) is 0 Å². The summed E-state index contributed by atoms with van der Waals surface area (Å²) in [6.45, 7) is 5.83. The Morgan fingerprint density at radius 3 is 2.88 bits per heavy atom. The Balaban J connectivity index is 2.08. The van der Waals surface area contributed by atoms with Crippen LogP contribution in [0.5, 0.6) is 0 Å². The number of aryl methyl sites for hydroxylation is 2. The number of halogens is 1. The third-order valence-electron chi connectivity index (χ3n) is 3.86. The van der Waals surface area contributed by atoms with E-state index in [1.54, 1.807) is 17.9 Å². The maximum atomic E-state index is 12.6. The molecule has 3 aromatic rings. The van der Waals surface area contributed by atoms with Crippen molar-refractivity contribution in [2.75, 3.05) is 13.7 Å². The lowest BCUT2D eigenvalue weighted by Crippen LogP contribution is -2.19. The summed E-state index contributed by atoms with van der Waals surface area (Å²) in [5.41, 5.74) is 2.36. The van der Waals surface area contributed by atoms with E-state index in [0.29, 0.717) is 23.6 Å². The van der Waals surface area contributed by atoms with Crippen molar-refractivity contribution in [2.24, 2.45) is 4.99 Å². The second-order valence-corrected chi connectivity index (χ2v) is 7.47. The van der Waals surface area contributed by atoms with Crippen LogP contribution in [0.4, 0.5) is 0 Å². The molecule has 3 rings (SSSR count). The summed E-state index contributed by atoms with van der Waals surface area (Å²) in [6.07, 6.45) is 0. The maximum Gasteiger partial charge on any atom is 0.300 e. The number of hydrogen-bond acceptors (Lipinski definition) is 4. The van der Waals surface area contributed by atoms with E-state index in [1.165, 1.54) is 11.3 Å². The van der Waals surface area contributed by atoms with E-state index in [9.17, 15) is 4.79 Å². The first-order chi connectivity index (χ1) is 12.0. The van der Waals surface area contributed by atoms with Crippen LogP contribution >= 0.6 is 27.3 Å². The highest BCUT2D eigenvalue weighted by molar-refractivity contribution is 9.10. The van der Waals surface area contributed by atoms with E-state index < -0.39 is 0 Å². The number of aromatic nitrogens is 3. The third-order valence-corrected chi connectivity index (χ3v) is 5.40. The van der Waals surface area contributed by atoms with Crippen molar-refractivity contribution in [1.29, 1.82) is 0 Å². The summed E-state index contributed by atoms with van der Waals surface area (Å²) < 4.78 is 11.1. The first kappa shape index (κ1) is 18.0. The molecular weight excluding hydrogens is 404 g/mol. The number of ether oxygens (including phenoxy) is 1. The molecular formula is C17H19BrN4O2S. The number of hydrogen-bond donors (Lipinski definition) is 0. The number of rotatable bonds is 5. The second-order valence-electron chi connectivity index (χ2n) is 5.54. The molecule has 2 heterocycles. The topological polar surface area (TPSA) is 61.4 Å². The predicted octanol–water partition coefficient (Wildman–Crippen LogP) is 3.38. The van der Waals surface area contributed by atoms with Crippen molar-refractivity contribution in [3.8, 4) is 0 Å². The number of thiazole rings is 1. The molecule has 0 aliphatic carbocycles. The van der Waals surface area contributed by atoms with E-state index in [0.717, 1.165) is 26.9 Å². The van der Waals surface area contributed by atoms with Gasteiger partial charge in [0.05, 0.1) is 16.8 Å². The number of benzene rings is 1. The van der Waals surface area contributed by atoms with Crippen LogP contribution in [0.25, 0.3) is 10.2 Å². The molecule has 6 nitrogen and oxygen atoms in total. The molecule has 0 spiro atoms. The zero-order chi connectivity index (χ0) is 18.0. The van der Waals surface area contributed by atoms with Gasteiger partial charge in [-0.3, -0.25) is 9.48 Å². The Bertz CT molecular complexity index is 986. The highest BCUT2D eigenvalue weighted by Crippen LogP contribution is 2.22. The smallest absolute Gasteiger partial charge is 0.300 e. The summed E-state index contributed by atoms with van der Waals surface area (Å²) in [5.74, 6) is -0.327. The molecule has 0 atom stereocenters. The SMILES string of the molecule is CCn1nc(C(=O)N=c2sc3cc(Br)ccc3n2CCOC)cc1C. The largest absolute Gasteiger partial charge is 0.383 e. The third kappa shape index (κ3) is 3.75. The van der Waals surface area contributed by atoms with Crippen LogP contribution in [0.2, 0.25) is 0 Å². The standard InChI is InChI=1S/C17H19BrN4O2S/c1-4-22-11(2)9-13(20-22)16(23)19-17-21(7-8-24-3)14-6-5-12(18)10-15(14)25-17/h5-6,9-10H,4,7-8H2,1-3H3. The first-order valence-electron chi connectivity index (χ1n) is 7.94. The molecule has 25 heavy (non-hydrogen) atoms. The summed E-state index contributed by atoms with van der Waals surface area (Å²) in [4.78, 5) is 17.6. The number of amides is 1. The van der Waals surface area contributed by atoms with Crippen molar-refractivity contribution >= 4 is 43.4 Å². The highest BCUT2D eigenvalue weighted by Gasteiger charge is 2.13. The van der Waals surface area contributed by atoms with Gasteiger partial charge in [0.1, 0.15) is 0 Å². The molecule has 2 aromatic heterocycles. The normalized spacial score (nSPS) is 12.2. The lowest BCUT2D eigenvalue weighted by molar-refractivity contribution is 0.0992. The Morgan fingerprint density at radius 1 is 1.40 bits per heavy atom. The van der Waals surface area contributed by atoms with E-state index in [2.05, 4.69) is 26.0 Å². The van der Waals surface area contributed by atoms with Crippen molar-refractivity contribution in [2.45, 2.75) is 26.9 Å². The van der Waals surface area contributed by atoms with Gasteiger partial charge in [0.2, 0.25) is 0 Å². The van der Waals surface area contributed by atoms with E-state index in [4.69, 9.17) is 4.74 Å². The molecule has 0 unspecified atom stereocenters. The zero-order valence-electron chi connectivity index (χ0n) is 14.3. The summed E-state index contributed by atoms with van der Waals surface area (Å²) in [7, 11) is 1.66. The van der Waals surface area contributed by atoms with Crippen LogP contribution in [0.15, 0.2) is 33.7 Å². The Hall–Kier alpha value is -1.77. The van der Waals surface area contributed by atoms with E-state index in [1.807, 2.05) is 36.6 Å². The van der Waals surface area contributed by atoms with Gasteiger partial charge in [-0.2, -0.15) is 10.1 Å². The molecule has 0 aliphatic heterocycles. The van der Waals surface area contributed by atoms with Crippen LogP contribution in [-0.4, -0.2) is 34.0 Å². The van der Waals surface area contributed by atoms with Crippen LogP contribution < -0.4 is 4.80 Å². The molecule has 0 saturated heterocycles. The van der Waals surface area contributed by atoms with Crippen LogP contribution in [0, 0.1) is 6.92 Å². The molecule has 0 saturated carbocycles. The quantitative estimate of drug-likeness (QED) is 0.632. The molecule has 1 aromatic carbocycles. The van der Waals surface area contributed by atoms with Crippen LogP contribution in [0.1, 0.15) is 23.1 Å². The van der Waals surface area contributed by atoms with Gasteiger partial charge in [-0.1, -0.05) is 27.3 Å². The number of nitrogens with zero attached hydrogens (tertiary/aromatic N) is 4. The fourth-order valence-electron chi connectivity index (χ4n) is 2.61. The average Bonchev–Trinajstić information content (AvgIpc) is 3.12. The summed E-state index contributed by atoms with van der Waals surface area (Å²) in [5, 5.41) is 4.32. The molecule has 8 heteroatoms. The summed E-state index contributed by atoms with van der Waals surface area (Å²) >= 11 is 4.97.